The summed E-state index contributed by atoms with van der Waals surface area (Å²) in [6, 6.07) is 3.24. The van der Waals surface area contributed by atoms with Gasteiger partial charge >= 0.3 is 0 Å². The zero-order valence-corrected chi connectivity index (χ0v) is 11.0. The lowest BCUT2D eigenvalue weighted by Crippen LogP contribution is -2.28. The van der Waals surface area contributed by atoms with E-state index in [4.69, 9.17) is 0 Å². The summed E-state index contributed by atoms with van der Waals surface area (Å²) in [7, 11) is -1.70. The summed E-state index contributed by atoms with van der Waals surface area (Å²) in [5.74, 6) is 0.649. The highest BCUT2D eigenvalue weighted by atomic mass is 32.2. The Morgan fingerprint density at radius 2 is 2.06 bits per heavy atom. The van der Waals surface area contributed by atoms with E-state index in [1.165, 1.54) is 6.20 Å². The van der Waals surface area contributed by atoms with Crippen LogP contribution in [0.3, 0.4) is 0 Å². The molecule has 2 N–H and O–H groups in total. The molecule has 1 saturated carbocycles. The van der Waals surface area contributed by atoms with Gasteiger partial charge in [0.1, 0.15) is 10.7 Å². The fraction of sp³-hybridized carbons (Fsp3) is 0.545. The highest BCUT2D eigenvalue weighted by molar-refractivity contribution is 7.89. The van der Waals surface area contributed by atoms with Gasteiger partial charge in [-0.25, -0.2) is 18.1 Å². The van der Waals surface area contributed by atoms with Crippen molar-refractivity contribution >= 4 is 15.8 Å². The van der Waals surface area contributed by atoms with Crippen molar-refractivity contribution in [3.63, 3.8) is 0 Å². The number of aromatic nitrogens is 1. The minimum Gasteiger partial charge on any atom is -0.373 e. The summed E-state index contributed by atoms with van der Waals surface area (Å²) in [4.78, 5) is 4.20. The summed E-state index contributed by atoms with van der Waals surface area (Å²) < 4.78 is 26.7. The Kier molecular flexibility index (Phi) is 2.87. The van der Waals surface area contributed by atoms with Gasteiger partial charge in [-0.05, 0) is 24.0 Å². The molecule has 5 nitrogen and oxygen atoms in total. The highest BCUT2D eigenvalue weighted by Crippen LogP contribution is 2.45. The Labute approximate surface area is 102 Å². The van der Waals surface area contributed by atoms with Gasteiger partial charge in [0.25, 0.3) is 0 Å². The first-order valence-corrected chi connectivity index (χ1v) is 7.00. The summed E-state index contributed by atoms with van der Waals surface area (Å²) in [6.45, 7) is 4.09. The molecule has 94 valence electrons. The number of anilines is 1. The molecule has 1 aliphatic rings. The third-order valence-electron chi connectivity index (χ3n) is 3.11. The molecule has 1 atom stereocenters. The summed E-state index contributed by atoms with van der Waals surface area (Å²) in [6.07, 6.45) is 2.25. The number of rotatable bonds is 4. The largest absolute Gasteiger partial charge is 0.373 e. The van der Waals surface area contributed by atoms with Gasteiger partial charge in [0.15, 0.2) is 0 Å². The van der Waals surface area contributed by atoms with E-state index in [1.807, 2.05) is 13.8 Å². The van der Waals surface area contributed by atoms with Crippen molar-refractivity contribution in [2.24, 2.45) is 5.41 Å². The Morgan fingerprint density at radius 3 is 2.47 bits per heavy atom. The second kappa shape index (κ2) is 3.96. The van der Waals surface area contributed by atoms with Crippen LogP contribution in [0.25, 0.3) is 0 Å². The van der Waals surface area contributed by atoms with Gasteiger partial charge in [-0.1, -0.05) is 13.8 Å². The number of hydrogen-bond donors (Lipinski definition) is 2. The molecule has 0 aliphatic heterocycles. The lowest BCUT2D eigenvalue weighted by atomic mass is 10.2. The quantitative estimate of drug-likeness (QED) is 0.848. The monoisotopic (exact) mass is 255 g/mol. The summed E-state index contributed by atoms with van der Waals surface area (Å²) in [5.41, 5.74) is 0.0748. The zero-order valence-electron chi connectivity index (χ0n) is 10.2. The van der Waals surface area contributed by atoms with Gasteiger partial charge < -0.3 is 5.32 Å². The SMILES string of the molecule is CNc1ccc(S(=O)(=O)NC2CC2(C)C)cn1. The Balaban J connectivity index is 2.14. The Morgan fingerprint density at radius 1 is 1.41 bits per heavy atom. The van der Waals surface area contributed by atoms with Gasteiger partial charge in [0, 0.05) is 19.3 Å². The third kappa shape index (κ3) is 2.58. The van der Waals surface area contributed by atoms with Crippen molar-refractivity contribution in [1.29, 1.82) is 0 Å². The predicted octanol–water partition coefficient (Wildman–Crippen LogP) is 1.20. The molecule has 0 amide bonds. The average Bonchev–Trinajstić information content (AvgIpc) is 2.85. The predicted molar refractivity (Wildman–Crippen MR) is 66.3 cm³/mol. The highest BCUT2D eigenvalue weighted by Gasteiger charge is 2.47. The van der Waals surface area contributed by atoms with Gasteiger partial charge in [-0.3, -0.25) is 0 Å². The number of nitrogens with one attached hydrogen (secondary N) is 2. The van der Waals surface area contributed by atoms with Crippen molar-refractivity contribution in [3.05, 3.63) is 18.3 Å². The zero-order chi connectivity index (χ0) is 12.7. The van der Waals surface area contributed by atoms with Gasteiger partial charge in [0.05, 0.1) is 0 Å². The fourth-order valence-electron chi connectivity index (χ4n) is 1.61. The molecular formula is C11H17N3O2S. The summed E-state index contributed by atoms with van der Waals surface area (Å²) >= 11 is 0. The van der Waals surface area contributed by atoms with E-state index in [1.54, 1.807) is 19.2 Å². The van der Waals surface area contributed by atoms with Crippen molar-refractivity contribution < 1.29 is 8.42 Å². The second-order valence-electron chi connectivity index (χ2n) is 5.00. The van der Waals surface area contributed by atoms with Crippen LogP contribution in [0.2, 0.25) is 0 Å². The van der Waals surface area contributed by atoms with E-state index in [2.05, 4.69) is 15.0 Å². The van der Waals surface area contributed by atoms with Crippen molar-refractivity contribution in [2.75, 3.05) is 12.4 Å². The topological polar surface area (TPSA) is 71.1 Å². The van der Waals surface area contributed by atoms with Crippen LogP contribution in [0.5, 0.6) is 0 Å². The first-order chi connectivity index (χ1) is 7.85. The van der Waals surface area contributed by atoms with Gasteiger partial charge in [-0.2, -0.15) is 0 Å². The standard InChI is InChI=1S/C11H17N3O2S/c1-11(2)6-9(11)14-17(15,16)8-4-5-10(12-3)13-7-8/h4-5,7,9,14H,6H2,1-3H3,(H,12,13). The summed E-state index contributed by atoms with van der Waals surface area (Å²) in [5, 5.41) is 2.85. The molecule has 0 radical (unpaired) electrons. The molecule has 1 unspecified atom stereocenters. The molecule has 1 heterocycles. The van der Waals surface area contributed by atoms with Gasteiger partial charge in [0.2, 0.25) is 10.0 Å². The van der Waals surface area contributed by atoms with Crippen LogP contribution < -0.4 is 10.0 Å². The molecule has 0 aromatic carbocycles. The smallest absolute Gasteiger partial charge is 0.242 e. The van der Waals surface area contributed by atoms with E-state index in [0.717, 1.165) is 6.42 Å². The molecular weight excluding hydrogens is 238 g/mol. The van der Waals surface area contributed by atoms with Crippen LogP contribution in [0.1, 0.15) is 20.3 Å². The van der Waals surface area contributed by atoms with Crippen LogP contribution in [0, 0.1) is 5.41 Å². The third-order valence-corrected chi connectivity index (χ3v) is 4.57. The molecule has 1 aromatic heterocycles. The maximum absolute atomic E-state index is 12.0. The molecule has 0 saturated heterocycles. The number of pyridine rings is 1. The first kappa shape index (κ1) is 12.3. The number of sulfonamides is 1. The van der Waals surface area contributed by atoms with E-state index >= 15 is 0 Å². The van der Waals surface area contributed by atoms with Crippen LogP contribution in [-0.4, -0.2) is 26.5 Å². The van der Waals surface area contributed by atoms with Crippen LogP contribution >= 0.6 is 0 Å². The molecule has 6 heteroatoms. The number of nitrogens with zero attached hydrogens (tertiary/aromatic N) is 1. The minimum absolute atomic E-state index is 0.0384. The Bertz CT molecular complexity index is 508. The normalized spacial score (nSPS) is 22.2. The lowest BCUT2D eigenvalue weighted by molar-refractivity contribution is 0.554. The first-order valence-electron chi connectivity index (χ1n) is 5.51. The molecule has 0 spiro atoms. The average molecular weight is 255 g/mol. The fourth-order valence-corrected chi connectivity index (χ4v) is 2.96. The molecule has 0 bridgehead atoms. The molecule has 1 aliphatic carbocycles. The van der Waals surface area contributed by atoms with Crippen LogP contribution in [0.15, 0.2) is 23.2 Å². The van der Waals surface area contributed by atoms with E-state index in [-0.39, 0.29) is 16.4 Å². The van der Waals surface area contributed by atoms with Crippen LogP contribution in [0.4, 0.5) is 5.82 Å². The van der Waals surface area contributed by atoms with E-state index in [9.17, 15) is 8.42 Å². The molecule has 17 heavy (non-hydrogen) atoms. The Hall–Kier alpha value is -1.14. The number of hydrogen-bond acceptors (Lipinski definition) is 4. The van der Waals surface area contributed by atoms with Crippen molar-refractivity contribution in [1.82, 2.24) is 9.71 Å². The van der Waals surface area contributed by atoms with Crippen molar-refractivity contribution in [3.8, 4) is 0 Å². The van der Waals surface area contributed by atoms with Crippen molar-refractivity contribution in [2.45, 2.75) is 31.2 Å². The molecule has 1 aromatic rings. The van der Waals surface area contributed by atoms with E-state index < -0.39 is 10.0 Å². The molecule has 1 fully saturated rings. The van der Waals surface area contributed by atoms with E-state index in [0.29, 0.717) is 5.82 Å². The molecule has 2 rings (SSSR count). The second-order valence-corrected chi connectivity index (χ2v) is 6.71. The van der Waals surface area contributed by atoms with Crippen LogP contribution in [-0.2, 0) is 10.0 Å². The maximum atomic E-state index is 12.0. The van der Waals surface area contributed by atoms with Gasteiger partial charge in [-0.15, -0.1) is 0 Å². The maximum Gasteiger partial charge on any atom is 0.242 e. The minimum atomic E-state index is -3.43. The lowest BCUT2D eigenvalue weighted by Gasteiger charge is -2.08.